The second-order valence-corrected chi connectivity index (χ2v) is 7.17. The fourth-order valence-corrected chi connectivity index (χ4v) is 2.52. The highest BCUT2D eigenvalue weighted by atomic mass is 16.5. The Kier molecular flexibility index (Phi) is 6.62. The van der Waals surface area contributed by atoms with Crippen molar-refractivity contribution in [2.45, 2.75) is 67.7 Å². The summed E-state index contributed by atoms with van der Waals surface area (Å²) < 4.78 is 5.92. The lowest BCUT2D eigenvalue weighted by Crippen LogP contribution is -2.26. The van der Waals surface area contributed by atoms with E-state index in [0.717, 1.165) is 19.1 Å². The summed E-state index contributed by atoms with van der Waals surface area (Å²) in [5.41, 5.74) is 0.652. The number of ether oxygens (including phenoxy) is 1. The van der Waals surface area contributed by atoms with E-state index in [-0.39, 0.29) is 0 Å². The van der Waals surface area contributed by atoms with E-state index in [1.54, 1.807) is 0 Å². The van der Waals surface area contributed by atoms with Crippen molar-refractivity contribution in [3.8, 4) is 0 Å². The molecule has 0 N–H and O–H groups in total. The predicted molar refractivity (Wildman–Crippen MR) is 72.7 cm³/mol. The normalized spacial score (nSPS) is 13.5. The SMILES string of the molecule is CCCC(C)(C)COCC(C)(C)CC(C)C. The molecule has 0 aromatic rings. The van der Waals surface area contributed by atoms with E-state index in [1.807, 2.05) is 0 Å². The highest BCUT2D eigenvalue weighted by Crippen LogP contribution is 2.28. The van der Waals surface area contributed by atoms with Crippen molar-refractivity contribution in [2.24, 2.45) is 16.7 Å². The number of rotatable bonds is 8. The second kappa shape index (κ2) is 6.64. The van der Waals surface area contributed by atoms with Gasteiger partial charge in [-0.3, -0.25) is 0 Å². The Bertz CT molecular complexity index is 180. The van der Waals surface area contributed by atoms with Gasteiger partial charge in [-0.1, -0.05) is 54.9 Å². The molecule has 16 heavy (non-hydrogen) atoms. The molecule has 0 amide bonds. The summed E-state index contributed by atoms with van der Waals surface area (Å²) in [5.74, 6) is 0.752. The van der Waals surface area contributed by atoms with Gasteiger partial charge in [0.2, 0.25) is 0 Å². The molecule has 1 heteroatoms. The van der Waals surface area contributed by atoms with Crippen molar-refractivity contribution < 1.29 is 4.74 Å². The number of hydrogen-bond acceptors (Lipinski definition) is 1. The first kappa shape index (κ1) is 16.0. The molecule has 0 aromatic carbocycles. The van der Waals surface area contributed by atoms with Gasteiger partial charge in [0.25, 0.3) is 0 Å². The molecule has 0 aromatic heterocycles. The molecular weight excluding hydrogens is 196 g/mol. The van der Waals surface area contributed by atoms with Crippen LogP contribution in [-0.4, -0.2) is 13.2 Å². The Morgan fingerprint density at radius 3 is 1.88 bits per heavy atom. The summed E-state index contributed by atoms with van der Waals surface area (Å²) in [4.78, 5) is 0. The maximum Gasteiger partial charge on any atom is 0.0517 e. The zero-order valence-corrected chi connectivity index (χ0v) is 12.5. The third kappa shape index (κ3) is 8.15. The third-order valence-corrected chi connectivity index (χ3v) is 2.87. The van der Waals surface area contributed by atoms with Crippen LogP contribution in [0.2, 0.25) is 0 Å². The molecule has 0 rings (SSSR count). The molecule has 1 nitrogen and oxygen atoms in total. The van der Waals surface area contributed by atoms with E-state index >= 15 is 0 Å². The van der Waals surface area contributed by atoms with Gasteiger partial charge in [0.15, 0.2) is 0 Å². The van der Waals surface area contributed by atoms with Gasteiger partial charge >= 0.3 is 0 Å². The lowest BCUT2D eigenvalue weighted by atomic mass is 9.84. The van der Waals surface area contributed by atoms with Gasteiger partial charge in [-0.25, -0.2) is 0 Å². The fourth-order valence-electron chi connectivity index (χ4n) is 2.52. The monoisotopic (exact) mass is 228 g/mol. The first-order valence-electron chi connectivity index (χ1n) is 6.76. The molecule has 0 fully saturated rings. The smallest absolute Gasteiger partial charge is 0.0517 e. The van der Waals surface area contributed by atoms with Gasteiger partial charge in [-0.15, -0.1) is 0 Å². The van der Waals surface area contributed by atoms with Crippen LogP contribution in [-0.2, 0) is 4.74 Å². The molecule has 0 aliphatic rings. The van der Waals surface area contributed by atoms with E-state index in [9.17, 15) is 0 Å². The molecule has 0 radical (unpaired) electrons. The molecule has 0 aliphatic carbocycles. The Labute approximate surface area is 103 Å². The molecule has 0 aliphatic heterocycles. The first-order chi connectivity index (χ1) is 7.18. The van der Waals surface area contributed by atoms with Gasteiger partial charge in [0.05, 0.1) is 13.2 Å². The zero-order valence-electron chi connectivity index (χ0n) is 12.5. The Morgan fingerprint density at radius 2 is 1.44 bits per heavy atom. The minimum absolute atomic E-state index is 0.316. The fraction of sp³-hybridized carbons (Fsp3) is 1.00. The van der Waals surface area contributed by atoms with Crippen molar-refractivity contribution in [3.05, 3.63) is 0 Å². The predicted octanol–water partition coefficient (Wildman–Crippen LogP) is 4.90. The molecule has 0 bridgehead atoms. The van der Waals surface area contributed by atoms with Crippen LogP contribution >= 0.6 is 0 Å². The summed E-state index contributed by atoms with van der Waals surface area (Å²) in [6, 6.07) is 0. The zero-order chi connectivity index (χ0) is 12.8. The van der Waals surface area contributed by atoms with Crippen LogP contribution in [0.1, 0.15) is 67.7 Å². The first-order valence-corrected chi connectivity index (χ1v) is 6.76. The van der Waals surface area contributed by atoms with E-state index in [4.69, 9.17) is 4.74 Å². The lowest BCUT2D eigenvalue weighted by Gasteiger charge is -2.30. The summed E-state index contributed by atoms with van der Waals surface area (Å²) in [6.07, 6.45) is 3.73. The molecule has 0 atom stereocenters. The van der Waals surface area contributed by atoms with Gasteiger partial charge < -0.3 is 4.74 Å². The second-order valence-electron chi connectivity index (χ2n) is 7.17. The Balaban J connectivity index is 3.88. The maximum atomic E-state index is 5.92. The number of hydrogen-bond donors (Lipinski definition) is 0. The summed E-state index contributed by atoms with van der Waals surface area (Å²) >= 11 is 0. The van der Waals surface area contributed by atoms with Crippen LogP contribution in [0.5, 0.6) is 0 Å². The van der Waals surface area contributed by atoms with Gasteiger partial charge in [0, 0.05) is 0 Å². The molecule has 0 saturated carbocycles. The summed E-state index contributed by atoms with van der Waals surface area (Å²) in [7, 11) is 0. The van der Waals surface area contributed by atoms with E-state index in [2.05, 4.69) is 48.5 Å². The molecule has 0 unspecified atom stereocenters. The summed E-state index contributed by atoms with van der Waals surface area (Å²) in [5, 5.41) is 0. The minimum atomic E-state index is 0.316. The highest BCUT2D eigenvalue weighted by molar-refractivity contribution is 4.72. The van der Waals surface area contributed by atoms with Crippen LogP contribution in [0.25, 0.3) is 0 Å². The van der Waals surface area contributed by atoms with Crippen LogP contribution in [0.4, 0.5) is 0 Å². The van der Waals surface area contributed by atoms with Crippen molar-refractivity contribution in [1.82, 2.24) is 0 Å². The van der Waals surface area contributed by atoms with Gasteiger partial charge in [-0.2, -0.15) is 0 Å². The van der Waals surface area contributed by atoms with Gasteiger partial charge in [-0.05, 0) is 29.6 Å². The van der Waals surface area contributed by atoms with E-state index in [0.29, 0.717) is 10.8 Å². The topological polar surface area (TPSA) is 9.23 Å². The Morgan fingerprint density at radius 1 is 0.938 bits per heavy atom. The van der Waals surface area contributed by atoms with Crippen LogP contribution in [0, 0.1) is 16.7 Å². The Hall–Kier alpha value is -0.0400. The lowest BCUT2D eigenvalue weighted by molar-refractivity contribution is 0.00563. The molecule has 0 saturated heterocycles. The van der Waals surface area contributed by atoms with E-state index < -0.39 is 0 Å². The van der Waals surface area contributed by atoms with Crippen molar-refractivity contribution >= 4 is 0 Å². The van der Waals surface area contributed by atoms with Crippen molar-refractivity contribution in [2.75, 3.05) is 13.2 Å². The summed E-state index contributed by atoms with van der Waals surface area (Å²) in [6.45, 7) is 17.8. The van der Waals surface area contributed by atoms with Crippen LogP contribution < -0.4 is 0 Å². The average Bonchev–Trinajstić information content (AvgIpc) is 1.99. The largest absolute Gasteiger partial charge is 0.380 e. The average molecular weight is 228 g/mol. The van der Waals surface area contributed by atoms with Crippen molar-refractivity contribution in [3.63, 3.8) is 0 Å². The van der Waals surface area contributed by atoms with Crippen molar-refractivity contribution in [1.29, 1.82) is 0 Å². The molecular formula is C15H32O. The molecule has 0 heterocycles. The highest BCUT2D eigenvalue weighted by Gasteiger charge is 2.22. The van der Waals surface area contributed by atoms with E-state index in [1.165, 1.54) is 19.3 Å². The van der Waals surface area contributed by atoms with Gasteiger partial charge in [0.1, 0.15) is 0 Å². The quantitative estimate of drug-likeness (QED) is 0.574. The standard InChI is InChI=1S/C15H32O/c1-8-9-14(4,5)11-16-12-15(6,7)10-13(2)3/h13H,8-12H2,1-7H3. The minimum Gasteiger partial charge on any atom is -0.380 e. The van der Waals surface area contributed by atoms with Crippen LogP contribution in [0.15, 0.2) is 0 Å². The third-order valence-electron chi connectivity index (χ3n) is 2.87. The molecule has 0 spiro atoms. The molecule has 98 valence electrons. The maximum absolute atomic E-state index is 5.92. The van der Waals surface area contributed by atoms with Crippen LogP contribution in [0.3, 0.4) is 0 Å².